The van der Waals surface area contributed by atoms with E-state index in [9.17, 15) is 21.6 Å². The molecule has 0 amide bonds. The lowest BCUT2D eigenvalue weighted by Gasteiger charge is -2.08. The summed E-state index contributed by atoms with van der Waals surface area (Å²) >= 11 is 5.82. The zero-order chi connectivity index (χ0) is 16.5. The normalized spacial score (nSPS) is 12.1. The number of rotatable bonds is 3. The summed E-state index contributed by atoms with van der Waals surface area (Å²) in [5, 5.41) is 5.13. The Hall–Kier alpha value is -2.05. The van der Waals surface area contributed by atoms with Crippen LogP contribution in [0.15, 0.2) is 23.4 Å². The summed E-state index contributed by atoms with van der Waals surface area (Å²) in [5.74, 6) is 1.06. The van der Waals surface area contributed by atoms with Crippen molar-refractivity contribution in [2.24, 2.45) is 0 Å². The Labute approximate surface area is 128 Å². The van der Waals surface area contributed by atoms with E-state index in [0.717, 1.165) is 18.2 Å². The van der Waals surface area contributed by atoms with Gasteiger partial charge in [0.25, 0.3) is 0 Å². The number of nitrogens with one attached hydrogen (secondary N) is 1. The molecular weight excluding hydrogens is 343 g/mol. The molecule has 0 fully saturated rings. The largest absolute Gasteiger partial charge is 0.416 e. The Bertz CT molecular complexity index is 853. The van der Waals surface area contributed by atoms with Crippen LogP contribution in [0.5, 0.6) is 0 Å². The molecule has 0 bridgehead atoms. The van der Waals surface area contributed by atoms with E-state index in [2.05, 4.69) is 15.2 Å². The molecule has 1 heterocycles. The average molecular weight is 350 g/mol. The quantitative estimate of drug-likeness (QED) is 0.864. The van der Waals surface area contributed by atoms with E-state index >= 15 is 0 Å². The van der Waals surface area contributed by atoms with Gasteiger partial charge in [0.05, 0.1) is 10.6 Å². The molecule has 10 heteroatoms. The van der Waals surface area contributed by atoms with E-state index in [1.165, 1.54) is 0 Å². The molecule has 1 N–H and O–H groups in total. The maximum atomic E-state index is 12.7. The van der Waals surface area contributed by atoms with Gasteiger partial charge in [0.15, 0.2) is 5.82 Å². The highest BCUT2D eigenvalue weighted by Crippen LogP contribution is 2.34. The number of aromatic amines is 1. The van der Waals surface area contributed by atoms with Crippen molar-refractivity contribution >= 4 is 21.4 Å². The second-order valence-electron chi connectivity index (χ2n) is 4.12. The highest BCUT2D eigenvalue weighted by molar-refractivity contribution is 7.91. The lowest BCUT2D eigenvalue weighted by atomic mass is 10.1. The maximum absolute atomic E-state index is 12.7. The highest BCUT2D eigenvalue weighted by Gasteiger charge is 2.31. The van der Waals surface area contributed by atoms with Crippen molar-refractivity contribution in [3.8, 4) is 23.7 Å². The van der Waals surface area contributed by atoms with Crippen LogP contribution in [-0.4, -0.2) is 29.4 Å². The van der Waals surface area contributed by atoms with Crippen molar-refractivity contribution < 1.29 is 21.6 Å². The van der Waals surface area contributed by atoms with Gasteiger partial charge in [-0.15, -0.1) is 6.42 Å². The summed E-state index contributed by atoms with van der Waals surface area (Å²) in [6.45, 7) is 0. The van der Waals surface area contributed by atoms with Gasteiger partial charge in [0, 0.05) is 5.56 Å². The number of sulfone groups is 1. The number of hydrogen-bond acceptors (Lipinski definition) is 4. The third-order valence-corrected chi connectivity index (χ3v) is 4.22. The van der Waals surface area contributed by atoms with E-state index in [4.69, 9.17) is 18.0 Å². The molecule has 2 aromatic rings. The van der Waals surface area contributed by atoms with Gasteiger partial charge < -0.3 is 0 Å². The van der Waals surface area contributed by atoms with E-state index in [0.29, 0.717) is 0 Å². The standard InChI is InChI=1S/C12H7ClF3N3O2S/c1-2-5-22(20,21)11-17-10(18-19-11)8-6-7(12(14,15)16)3-4-9(8)13/h1,3-4,6H,5H2,(H,17,18,19). The number of alkyl halides is 3. The fourth-order valence-electron chi connectivity index (χ4n) is 1.56. The molecule has 0 radical (unpaired) electrons. The second-order valence-corrected chi connectivity index (χ2v) is 6.43. The summed E-state index contributed by atoms with van der Waals surface area (Å²) in [6, 6.07) is 2.57. The van der Waals surface area contributed by atoms with Gasteiger partial charge in [-0.25, -0.2) is 13.5 Å². The van der Waals surface area contributed by atoms with E-state index in [-0.39, 0.29) is 16.4 Å². The van der Waals surface area contributed by atoms with Crippen LogP contribution >= 0.6 is 11.6 Å². The number of hydrogen-bond donors (Lipinski definition) is 1. The molecule has 2 rings (SSSR count). The number of H-pyrrole nitrogens is 1. The minimum absolute atomic E-state index is 0.0482. The summed E-state index contributed by atoms with van der Waals surface area (Å²) in [7, 11) is -3.88. The second kappa shape index (κ2) is 5.62. The Kier molecular flexibility index (Phi) is 4.17. The minimum atomic E-state index is -4.58. The van der Waals surface area contributed by atoms with Gasteiger partial charge in [-0.3, -0.25) is 0 Å². The molecule has 0 spiro atoms. The Balaban J connectivity index is 2.51. The number of aromatic nitrogens is 3. The molecule has 0 atom stereocenters. The van der Waals surface area contributed by atoms with Crippen molar-refractivity contribution in [1.82, 2.24) is 15.2 Å². The lowest BCUT2D eigenvalue weighted by Crippen LogP contribution is -2.07. The predicted molar refractivity (Wildman–Crippen MR) is 72.7 cm³/mol. The molecule has 0 aliphatic heterocycles. The van der Waals surface area contributed by atoms with Crippen LogP contribution < -0.4 is 0 Å². The van der Waals surface area contributed by atoms with Crippen LogP contribution in [0, 0.1) is 12.3 Å². The molecular formula is C12H7ClF3N3O2S. The molecule has 1 aromatic heterocycles. The molecule has 5 nitrogen and oxygen atoms in total. The fourth-order valence-corrected chi connectivity index (χ4v) is 2.53. The Morgan fingerprint density at radius 2 is 2.05 bits per heavy atom. The highest BCUT2D eigenvalue weighted by atomic mass is 35.5. The van der Waals surface area contributed by atoms with Crippen molar-refractivity contribution in [2.75, 3.05) is 5.75 Å². The lowest BCUT2D eigenvalue weighted by molar-refractivity contribution is -0.137. The molecule has 0 aliphatic rings. The minimum Gasteiger partial charge on any atom is -0.249 e. The molecule has 1 aromatic carbocycles. The van der Waals surface area contributed by atoms with Gasteiger partial charge in [-0.05, 0) is 18.2 Å². The molecule has 0 aliphatic carbocycles. The van der Waals surface area contributed by atoms with Crippen LogP contribution in [0.25, 0.3) is 11.4 Å². The zero-order valence-corrected chi connectivity index (χ0v) is 12.2. The van der Waals surface area contributed by atoms with Crippen molar-refractivity contribution in [3.05, 3.63) is 28.8 Å². The summed E-state index contributed by atoms with van der Waals surface area (Å²) in [5.41, 5.74) is -1.10. The molecule has 0 unspecified atom stereocenters. The van der Waals surface area contributed by atoms with Gasteiger partial charge in [0.1, 0.15) is 5.75 Å². The topological polar surface area (TPSA) is 75.7 Å². The first-order valence-electron chi connectivity index (χ1n) is 5.61. The first kappa shape index (κ1) is 16.3. The Morgan fingerprint density at radius 3 is 2.64 bits per heavy atom. The van der Waals surface area contributed by atoms with E-state index < -0.39 is 32.5 Å². The smallest absolute Gasteiger partial charge is 0.249 e. The van der Waals surface area contributed by atoms with Crippen LogP contribution in [0.1, 0.15) is 5.56 Å². The first-order chi connectivity index (χ1) is 10.1. The van der Waals surface area contributed by atoms with Crippen molar-refractivity contribution in [2.45, 2.75) is 11.3 Å². The molecule has 0 saturated heterocycles. The van der Waals surface area contributed by atoms with Gasteiger partial charge in [-0.2, -0.15) is 23.3 Å². The number of terminal acetylenes is 1. The molecule has 22 heavy (non-hydrogen) atoms. The first-order valence-corrected chi connectivity index (χ1v) is 7.64. The summed E-state index contributed by atoms with van der Waals surface area (Å²) < 4.78 is 61.5. The van der Waals surface area contributed by atoms with Gasteiger partial charge >= 0.3 is 6.18 Å². The average Bonchev–Trinajstić information content (AvgIpc) is 2.88. The van der Waals surface area contributed by atoms with Crippen LogP contribution in [-0.2, 0) is 16.0 Å². The van der Waals surface area contributed by atoms with Crippen molar-refractivity contribution in [3.63, 3.8) is 0 Å². The number of halogens is 4. The van der Waals surface area contributed by atoms with Crippen LogP contribution in [0.3, 0.4) is 0 Å². The van der Waals surface area contributed by atoms with Crippen LogP contribution in [0.2, 0.25) is 5.02 Å². The van der Waals surface area contributed by atoms with Gasteiger partial charge in [0.2, 0.25) is 15.0 Å². The number of benzene rings is 1. The summed E-state index contributed by atoms with van der Waals surface area (Å²) in [6.07, 6.45) is 0.349. The SMILES string of the molecule is C#CCS(=O)(=O)c1nc(-c2cc(C(F)(F)F)ccc2Cl)n[nH]1. The molecule has 116 valence electrons. The number of nitrogens with zero attached hydrogens (tertiary/aromatic N) is 2. The Morgan fingerprint density at radius 1 is 1.36 bits per heavy atom. The fraction of sp³-hybridized carbons (Fsp3) is 0.167. The van der Waals surface area contributed by atoms with E-state index in [1.807, 2.05) is 5.92 Å². The zero-order valence-electron chi connectivity index (χ0n) is 10.6. The molecule has 0 saturated carbocycles. The maximum Gasteiger partial charge on any atom is 0.416 e. The van der Waals surface area contributed by atoms with E-state index in [1.54, 1.807) is 0 Å². The third kappa shape index (κ3) is 3.23. The third-order valence-electron chi connectivity index (χ3n) is 2.57. The monoisotopic (exact) mass is 349 g/mol. The summed E-state index contributed by atoms with van der Waals surface area (Å²) in [4.78, 5) is 3.65. The predicted octanol–water partition coefficient (Wildman–Crippen LogP) is 2.55. The van der Waals surface area contributed by atoms with Gasteiger partial charge in [-0.1, -0.05) is 17.5 Å². The van der Waals surface area contributed by atoms with Crippen LogP contribution in [0.4, 0.5) is 13.2 Å². The van der Waals surface area contributed by atoms with Crippen molar-refractivity contribution in [1.29, 1.82) is 0 Å².